The highest BCUT2D eigenvalue weighted by atomic mass is 16.5. The summed E-state index contributed by atoms with van der Waals surface area (Å²) in [6.45, 7) is 9.68. The van der Waals surface area contributed by atoms with Crippen LogP contribution >= 0.6 is 0 Å². The number of para-hydroxylation sites is 1. The molecule has 3 aromatic rings. The van der Waals surface area contributed by atoms with Gasteiger partial charge in [0.1, 0.15) is 6.04 Å². The van der Waals surface area contributed by atoms with E-state index >= 15 is 0 Å². The number of nitrogens with zero attached hydrogens (tertiary/aromatic N) is 3. The van der Waals surface area contributed by atoms with Gasteiger partial charge in [-0.15, -0.1) is 0 Å². The van der Waals surface area contributed by atoms with E-state index in [0.717, 1.165) is 41.2 Å². The fourth-order valence-corrected chi connectivity index (χ4v) is 5.85. The second-order valence-corrected chi connectivity index (χ2v) is 11.4. The maximum atomic E-state index is 12.8. The predicted octanol–water partition coefficient (Wildman–Crippen LogP) is 5.48. The quantitative estimate of drug-likeness (QED) is 0.474. The van der Waals surface area contributed by atoms with Gasteiger partial charge < -0.3 is 24.5 Å². The smallest absolute Gasteiger partial charge is 0.409 e. The van der Waals surface area contributed by atoms with E-state index in [4.69, 9.17) is 4.74 Å². The molecule has 1 N–H and O–H groups in total. The first kappa shape index (κ1) is 26.6. The van der Waals surface area contributed by atoms with E-state index in [1.165, 1.54) is 12.7 Å². The van der Waals surface area contributed by atoms with Crippen LogP contribution in [0.5, 0.6) is 0 Å². The Morgan fingerprint density at radius 2 is 1.62 bits per heavy atom. The van der Waals surface area contributed by atoms with Crippen molar-refractivity contribution in [2.45, 2.75) is 44.7 Å². The van der Waals surface area contributed by atoms with Crippen LogP contribution in [0.2, 0.25) is 0 Å². The number of hydrogen-bond acceptors (Lipinski definition) is 5. The van der Waals surface area contributed by atoms with Gasteiger partial charge in [-0.25, -0.2) is 9.59 Å². The van der Waals surface area contributed by atoms with Gasteiger partial charge in [-0.1, -0.05) is 75.4 Å². The highest BCUT2D eigenvalue weighted by molar-refractivity contribution is 5.85. The molecule has 1 saturated heterocycles. The van der Waals surface area contributed by atoms with E-state index in [1.807, 2.05) is 29.2 Å². The van der Waals surface area contributed by atoms with Crippen LogP contribution in [-0.2, 0) is 21.5 Å². The number of piperazine rings is 1. The Kier molecular flexibility index (Phi) is 7.25. The zero-order valence-corrected chi connectivity index (χ0v) is 23.1. The zero-order valence-electron chi connectivity index (χ0n) is 23.1. The summed E-state index contributed by atoms with van der Waals surface area (Å²) < 4.78 is 4.86. The molecule has 7 heteroatoms. The largest absolute Gasteiger partial charge is 0.480 e. The molecular formula is C32H37N3O4. The van der Waals surface area contributed by atoms with Crippen LogP contribution in [0.4, 0.5) is 16.2 Å². The number of carboxylic acid groups (broad SMARTS) is 1. The Morgan fingerprint density at radius 1 is 0.923 bits per heavy atom. The Balaban J connectivity index is 1.42. The number of aliphatic carboxylic acids is 1. The second kappa shape index (κ2) is 10.6. The summed E-state index contributed by atoms with van der Waals surface area (Å²) >= 11 is 0. The number of carbonyl (C=O) groups is 2. The number of amides is 1. The van der Waals surface area contributed by atoms with E-state index in [0.29, 0.717) is 19.6 Å². The summed E-state index contributed by atoms with van der Waals surface area (Å²) in [6.07, 6.45) is -0.293. The number of fused-ring (bicyclic) bond motifs is 1. The van der Waals surface area contributed by atoms with E-state index in [1.54, 1.807) is 4.90 Å². The summed E-state index contributed by atoms with van der Waals surface area (Å²) in [5.74, 6) is -1.09. The molecule has 2 unspecified atom stereocenters. The van der Waals surface area contributed by atoms with Gasteiger partial charge in [0.15, 0.2) is 0 Å². The Bertz CT molecular complexity index is 1340. The minimum Gasteiger partial charge on any atom is -0.480 e. The average molecular weight is 528 g/mol. The lowest BCUT2D eigenvalue weighted by molar-refractivity contribution is -0.138. The summed E-state index contributed by atoms with van der Waals surface area (Å²) in [6, 6.07) is 24.1. The molecule has 7 nitrogen and oxygen atoms in total. The molecule has 2 heterocycles. The van der Waals surface area contributed by atoms with Crippen LogP contribution in [-0.4, -0.2) is 61.4 Å². The fraction of sp³-hybridized carbons (Fsp3) is 0.375. The van der Waals surface area contributed by atoms with Gasteiger partial charge >= 0.3 is 12.1 Å². The van der Waals surface area contributed by atoms with E-state index in [-0.39, 0.29) is 17.4 Å². The Hall–Kier alpha value is -4.00. The molecule has 3 aromatic carbocycles. The van der Waals surface area contributed by atoms with Crippen LogP contribution in [0.3, 0.4) is 0 Å². The maximum Gasteiger partial charge on any atom is 0.409 e. The maximum absolute atomic E-state index is 12.8. The molecule has 204 valence electrons. The van der Waals surface area contributed by atoms with Crippen LogP contribution in [0.1, 0.15) is 48.9 Å². The van der Waals surface area contributed by atoms with Crippen LogP contribution in [0.25, 0.3) is 0 Å². The van der Waals surface area contributed by atoms with Crippen molar-refractivity contribution >= 4 is 23.4 Å². The third-order valence-corrected chi connectivity index (χ3v) is 7.96. The van der Waals surface area contributed by atoms with Crippen LogP contribution in [0, 0.1) is 0 Å². The van der Waals surface area contributed by atoms with Gasteiger partial charge in [0, 0.05) is 50.0 Å². The highest BCUT2D eigenvalue weighted by Gasteiger charge is 2.43. The molecule has 2 atom stereocenters. The number of benzene rings is 3. The topological polar surface area (TPSA) is 73.3 Å². The molecule has 0 aliphatic carbocycles. The number of methoxy groups -OCH3 is 1. The van der Waals surface area contributed by atoms with E-state index in [2.05, 4.69) is 74.2 Å². The molecule has 2 aliphatic rings. The summed E-state index contributed by atoms with van der Waals surface area (Å²) in [7, 11) is 1.41. The second-order valence-electron chi connectivity index (χ2n) is 11.4. The minimum atomic E-state index is -0.828. The summed E-state index contributed by atoms with van der Waals surface area (Å²) in [5, 5.41) is 10.5. The van der Waals surface area contributed by atoms with Crippen molar-refractivity contribution in [3.63, 3.8) is 0 Å². The highest BCUT2D eigenvalue weighted by Crippen LogP contribution is 2.45. The summed E-state index contributed by atoms with van der Waals surface area (Å²) in [5.41, 5.74) is 6.41. The molecule has 0 saturated carbocycles. The predicted molar refractivity (Wildman–Crippen MR) is 154 cm³/mol. The third kappa shape index (κ3) is 5.31. The number of anilines is 2. The third-order valence-electron chi connectivity index (χ3n) is 7.96. The van der Waals surface area contributed by atoms with Crippen molar-refractivity contribution in [3.8, 4) is 0 Å². The molecular weight excluding hydrogens is 490 g/mol. The number of hydrogen-bond donors (Lipinski definition) is 1. The van der Waals surface area contributed by atoms with Crippen molar-refractivity contribution in [2.24, 2.45) is 0 Å². The number of carboxylic acids is 1. The lowest BCUT2D eigenvalue weighted by Crippen LogP contribution is -2.48. The molecule has 0 spiro atoms. The Labute approximate surface area is 230 Å². The minimum absolute atomic E-state index is 0.0291. The zero-order chi connectivity index (χ0) is 27.7. The first-order chi connectivity index (χ1) is 18.7. The molecule has 1 fully saturated rings. The van der Waals surface area contributed by atoms with Crippen molar-refractivity contribution in [1.82, 2.24) is 4.90 Å². The van der Waals surface area contributed by atoms with Crippen LogP contribution in [0.15, 0.2) is 72.8 Å². The molecule has 2 aliphatic heterocycles. The molecule has 5 rings (SSSR count). The van der Waals surface area contributed by atoms with Crippen molar-refractivity contribution in [2.75, 3.05) is 43.1 Å². The van der Waals surface area contributed by atoms with Gasteiger partial charge in [0.2, 0.25) is 0 Å². The number of rotatable bonds is 5. The van der Waals surface area contributed by atoms with Gasteiger partial charge in [-0.3, -0.25) is 0 Å². The van der Waals surface area contributed by atoms with Crippen molar-refractivity contribution in [1.29, 1.82) is 0 Å². The SMILES string of the molecule is COC(=O)N1CCN(c2cccc(CN3c4ccccc4C(c4ccc(C(C)(C)C)cc4)C3C(=O)O)c2)CC1. The van der Waals surface area contributed by atoms with Crippen molar-refractivity contribution < 1.29 is 19.4 Å². The first-order valence-electron chi connectivity index (χ1n) is 13.5. The monoisotopic (exact) mass is 527 g/mol. The first-order valence-corrected chi connectivity index (χ1v) is 13.5. The summed E-state index contributed by atoms with van der Waals surface area (Å²) in [4.78, 5) is 30.7. The average Bonchev–Trinajstić information content (AvgIpc) is 3.27. The Morgan fingerprint density at radius 3 is 2.26 bits per heavy atom. The van der Waals surface area contributed by atoms with E-state index in [9.17, 15) is 14.7 Å². The number of ether oxygens (including phenoxy) is 1. The van der Waals surface area contributed by atoms with E-state index < -0.39 is 12.0 Å². The standard InChI is InChI=1S/C32H37N3O4/c1-32(2,3)24-14-12-23(13-15-24)28-26-10-5-6-11-27(26)35(29(28)30(36)37)21-22-8-7-9-25(20-22)33-16-18-34(19-17-33)31(38)39-4/h5-15,20,28-29H,16-19,21H2,1-4H3,(H,36,37). The molecule has 1 amide bonds. The lowest BCUT2D eigenvalue weighted by atomic mass is 9.83. The molecule has 0 radical (unpaired) electrons. The van der Waals surface area contributed by atoms with Gasteiger partial charge in [-0.05, 0) is 45.9 Å². The van der Waals surface area contributed by atoms with Gasteiger partial charge in [0.25, 0.3) is 0 Å². The van der Waals surface area contributed by atoms with Gasteiger partial charge in [-0.2, -0.15) is 0 Å². The van der Waals surface area contributed by atoms with Crippen molar-refractivity contribution in [3.05, 3.63) is 95.1 Å². The molecule has 39 heavy (non-hydrogen) atoms. The van der Waals surface area contributed by atoms with Crippen LogP contribution < -0.4 is 9.80 Å². The lowest BCUT2D eigenvalue weighted by Gasteiger charge is -2.35. The molecule has 0 bridgehead atoms. The number of carbonyl (C=O) groups excluding carboxylic acids is 1. The normalized spacial score (nSPS) is 19.1. The molecule has 0 aromatic heterocycles. The fourth-order valence-electron chi connectivity index (χ4n) is 5.85. The van der Waals surface area contributed by atoms with Gasteiger partial charge in [0.05, 0.1) is 7.11 Å².